The van der Waals surface area contributed by atoms with Crippen LogP contribution in [0.2, 0.25) is 0 Å². The van der Waals surface area contributed by atoms with E-state index in [0.29, 0.717) is 5.69 Å². The molecule has 134 valence electrons. The van der Waals surface area contributed by atoms with Crippen LogP contribution >= 0.6 is 0 Å². The summed E-state index contributed by atoms with van der Waals surface area (Å²) < 4.78 is 30.2. The highest BCUT2D eigenvalue weighted by Crippen LogP contribution is 2.20. The molecule has 0 saturated heterocycles. The van der Waals surface area contributed by atoms with E-state index >= 15 is 0 Å². The van der Waals surface area contributed by atoms with Crippen molar-refractivity contribution in [2.75, 3.05) is 5.32 Å². The summed E-state index contributed by atoms with van der Waals surface area (Å²) in [7, 11) is -3.52. The molecule has 2 aromatic carbocycles. The van der Waals surface area contributed by atoms with Gasteiger partial charge in [0.1, 0.15) is 11.5 Å². The van der Waals surface area contributed by atoms with Crippen LogP contribution in [0.5, 0.6) is 0 Å². The fourth-order valence-electron chi connectivity index (χ4n) is 2.53. The van der Waals surface area contributed by atoms with Crippen LogP contribution in [0.15, 0.2) is 70.0 Å². The first-order valence-corrected chi connectivity index (χ1v) is 9.75. The van der Waals surface area contributed by atoms with E-state index in [1.807, 2.05) is 32.0 Å². The summed E-state index contributed by atoms with van der Waals surface area (Å²) in [5.41, 5.74) is 2.66. The van der Waals surface area contributed by atoms with E-state index < -0.39 is 15.7 Å². The van der Waals surface area contributed by atoms with E-state index in [9.17, 15) is 13.2 Å². The van der Waals surface area contributed by atoms with Crippen LogP contribution < -0.4 is 5.32 Å². The number of carbonyl (C=O) groups excluding carboxylic acids is 1. The Morgan fingerprint density at radius 1 is 1.00 bits per heavy atom. The summed E-state index contributed by atoms with van der Waals surface area (Å²) in [6.07, 6.45) is 0. The summed E-state index contributed by atoms with van der Waals surface area (Å²) in [5.74, 6) is -0.417. The van der Waals surface area contributed by atoms with E-state index in [-0.39, 0.29) is 22.2 Å². The van der Waals surface area contributed by atoms with E-state index in [1.165, 1.54) is 24.3 Å². The lowest BCUT2D eigenvalue weighted by molar-refractivity contribution is 0.0995. The maximum Gasteiger partial charge on any atom is 0.291 e. The van der Waals surface area contributed by atoms with Gasteiger partial charge in [0.15, 0.2) is 15.6 Å². The molecular weight excluding hydrogens is 350 g/mol. The molecule has 0 saturated carbocycles. The highest BCUT2D eigenvalue weighted by atomic mass is 32.2. The minimum absolute atomic E-state index is 0.0733. The predicted molar refractivity (Wildman–Crippen MR) is 99.9 cm³/mol. The lowest BCUT2D eigenvalue weighted by Gasteiger charge is -2.08. The first kappa shape index (κ1) is 17.9. The molecule has 0 unspecified atom stereocenters. The van der Waals surface area contributed by atoms with Crippen LogP contribution in [-0.4, -0.2) is 14.3 Å². The van der Waals surface area contributed by atoms with E-state index in [2.05, 4.69) is 5.32 Å². The van der Waals surface area contributed by atoms with Gasteiger partial charge in [-0.05, 0) is 55.3 Å². The van der Waals surface area contributed by atoms with Crippen LogP contribution in [0.25, 0.3) is 0 Å². The first-order chi connectivity index (χ1) is 12.3. The number of hydrogen-bond acceptors (Lipinski definition) is 4. The van der Waals surface area contributed by atoms with Gasteiger partial charge < -0.3 is 9.73 Å². The average molecular weight is 369 g/mol. The zero-order chi connectivity index (χ0) is 18.7. The van der Waals surface area contributed by atoms with Gasteiger partial charge in [-0.2, -0.15) is 0 Å². The molecule has 1 aromatic heterocycles. The molecule has 0 radical (unpaired) electrons. The number of carbonyl (C=O) groups is 1. The minimum atomic E-state index is -3.52. The van der Waals surface area contributed by atoms with Crippen LogP contribution in [-0.2, 0) is 15.6 Å². The number of rotatable bonds is 5. The smallest absolute Gasteiger partial charge is 0.291 e. The van der Waals surface area contributed by atoms with Crippen molar-refractivity contribution in [2.24, 2.45) is 0 Å². The van der Waals surface area contributed by atoms with Crippen molar-refractivity contribution in [3.05, 3.63) is 83.3 Å². The SMILES string of the molecule is Cc1ccc(C)c(NC(=O)c2ccc(CS(=O)(=O)c3ccccc3)o2)c1. The molecule has 0 spiro atoms. The van der Waals surface area contributed by atoms with Crippen molar-refractivity contribution in [3.8, 4) is 0 Å². The Bertz CT molecular complexity index is 1040. The quantitative estimate of drug-likeness (QED) is 0.734. The summed E-state index contributed by atoms with van der Waals surface area (Å²) in [6, 6.07) is 16.9. The van der Waals surface area contributed by atoms with Gasteiger partial charge in [-0.25, -0.2) is 8.42 Å². The molecule has 26 heavy (non-hydrogen) atoms. The standard InChI is InChI=1S/C20H19NO4S/c1-14-8-9-15(2)18(12-14)21-20(22)19-11-10-16(25-19)13-26(23,24)17-6-4-3-5-7-17/h3-12H,13H2,1-2H3,(H,21,22). The third-order valence-corrected chi connectivity index (χ3v) is 5.62. The minimum Gasteiger partial charge on any atom is -0.455 e. The second-order valence-corrected chi connectivity index (χ2v) is 8.10. The topological polar surface area (TPSA) is 76.4 Å². The Morgan fingerprint density at radius 2 is 1.73 bits per heavy atom. The molecular formula is C20H19NO4S. The highest BCUT2D eigenvalue weighted by molar-refractivity contribution is 7.90. The second kappa shape index (κ2) is 7.17. The molecule has 0 atom stereocenters. The van der Waals surface area contributed by atoms with Gasteiger partial charge in [0, 0.05) is 5.69 Å². The van der Waals surface area contributed by atoms with Gasteiger partial charge in [0.25, 0.3) is 5.91 Å². The Kier molecular flexibility index (Phi) is 4.95. The van der Waals surface area contributed by atoms with E-state index in [4.69, 9.17) is 4.42 Å². The van der Waals surface area contributed by atoms with Crippen molar-refractivity contribution in [3.63, 3.8) is 0 Å². The molecule has 0 aliphatic rings. The van der Waals surface area contributed by atoms with Gasteiger partial charge in [0.2, 0.25) is 0 Å². The van der Waals surface area contributed by atoms with Crippen molar-refractivity contribution < 1.29 is 17.6 Å². The van der Waals surface area contributed by atoms with E-state index in [0.717, 1.165) is 11.1 Å². The van der Waals surface area contributed by atoms with Gasteiger partial charge >= 0.3 is 0 Å². The van der Waals surface area contributed by atoms with Crippen LogP contribution in [0.1, 0.15) is 27.4 Å². The van der Waals surface area contributed by atoms with Gasteiger partial charge in [-0.15, -0.1) is 0 Å². The lowest BCUT2D eigenvalue weighted by Crippen LogP contribution is -2.12. The maximum atomic E-state index is 12.4. The van der Waals surface area contributed by atoms with Crippen molar-refractivity contribution in [2.45, 2.75) is 24.5 Å². The third-order valence-electron chi connectivity index (χ3n) is 3.96. The predicted octanol–water partition coefficient (Wildman–Crippen LogP) is 4.12. The van der Waals surface area contributed by atoms with Crippen LogP contribution in [0.3, 0.4) is 0 Å². The van der Waals surface area contributed by atoms with Crippen molar-refractivity contribution in [1.82, 2.24) is 0 Å². The Hall–Kier alpha value is -2.86. The van der Waals surface area contributed by atoms with Gasteiger partial charge in [-0.3, -0.25) is 4.79 Å². The molecule has 1 N–H and O–H groups in total. The fraction of sp³-hybridized carbons (Fsp3) is 0.150. The average Bonchev–Trinajstić information content (AvgIpc) is 3.07. The largest absolute Gasteiger partial charge is 0.455 e. The fourth-order valence-corrected chi connectivity index (χ4v) is 3.80. The molecule has 1 heterocycles. The monoisotopic (exact) mass is 369 g/mol. The number of hydrogen-bond donors (Lipinski definition) is 1. The molecule has 0 aliphatic carbocycles. The molecule has 0 bridgehead atoms. The number of anilines is 1. The molecule has 3 aromatic rings. The van der Waals surface area contributed by atoms with E-state index in [1.54, 1.807) is 18.2 Å². The van der Waals surface area contributed by atoms with Crippen LogP contribution in [0.4, 0.5) is 5.69 Å². The highest BCUT2D eigenvalue weighted by Gasteiger charge is 2.19. The summed E-state index contributed by atoms with van der Waals surface area (Å²) in [6.45, 7) is 3.84. The summed E-state index contributed by atoms with van der Waals surface area (Å²) in [4.78, 5) is 12.6. The number of aryl methyl sites for hydroxylation is 2. The second-order valence-electron chi connectivity index (χ2n) is 6.11. The van der Waals surface area contributed by atoms with Crippen molar-refractivity contribution in [1.29, 1.82) is 0 Å². The van der Waals surface area contributed by atoms with Gasteiger partial charge in [0.05, 0.1) is 4.90 Å². The Morgan fingerprint density at radius 3 is 2.46 bits per heavy atom. The van der Waals surface area contributed by atoms with Crippen LogP contribution in [0, 0.1) is 13.8 Å². The third kappa shape index (κ3) is 4.03. The molecule has 3 rings (SSSR count). The molecule has 0 fully saturated rings. The number of furan rings is 1. The first-order valence-electron chi connectivity index (χ1n) is 8.10. The summed E-state index contributed by atoms with van der Waals surface area (Å²) in [5, 5.41) is 2.79. The zero-order valence-electron chi connectivity index (χ0n) is 14.5. The molecule has 5 nitrogen and oxygen atoms in total. The zero-order valence-corrected chi connectivity index (χ0v) is 15.3. The number of sulfone groups is 1. The molecule has 0 aliphatic heterocycles. The summed E-state index contributed by atoms with van der Waals surface area (Å²) >= 11 is 0. The number of benzene rings is 2. The molecule has 1 amide bonds. The number of nitrogens with one attached hydrogen (secondary N) is 1. The molecule has 6 heteroatoms. The Labute approximate surface area is 152 Å². The van der Waals surface area contributed by atoms with Crippen molar-refractivity contribution >= 4 is 21.4 Å². The Balaban J connectivity index is 1.75. The maximum absolute atomic E-state index is 12.4. The normalized spacial score (nSPS) is 11.3. The number of amides is 1. The lowest BCUT2D eigenvalue weighted by atomic mass is 10.1. The van der Waals surface area contributed by atoms with Gasteiger partial charge in [-0.1, -0.05) is 30.3 Å².